The highest BCUT2D eigenvalue weighted by molar-refractivity contribution is 8.05. The van der Waals surface area contributed by atoms with Gasteiger partial charge in [0.2, 0.25) is 5.91 Å². The molecule has 4 rings (SSSR count). The summed E-state index contributed by atoms with van der Waals surface area (Å²) >= 11 is 7.34. The second-order valence-electron chi connectivity index (χ2n) is 9.21. The highest BCUT2D eigenvalue weighted by Crippen LogP contribution is 2.36. The fraction of sp³-hybridized carbons (Fsp3) is 0.520. The van der Waals surface area contributed by atoms with Gasteiger partial charge in [0.05, 0.1) is 47.1 Å². The average Bonchev–Trinajstić information content (AvgIpc) is 3.61. The maximum Gasteiger partial charge on any atom is 0.414 e. The van der Waals surface area contributed by atoms with Crippen molar-refractivity contribution < 1.29 is 28.7 Å². The van der Waals surface area contributed by atoms with Crippen molar-refractivity contribution >= 4 is 64.3 Å². The Labute approximate surface area is 230 Å². The molecule has 206 valence electrons. The normalized spacial score (nSPS) is 22.8. The van der Waals surface area contributed by atoms with E-state index in [0.29, 0.717) is 29.2 Å². The van der Waals surface area contributed by atoms with Crippen molar-refractivity contribution in [2.24, 2.45) is 5.73 Å². The molecule has 1 aromatic rings. The smallest absolute Gasteiger partial charge is 0.414 e. The number of ether oxygens (including phenoxy) is 2. The molecule has 1 aromatic carbocycles. The summed E-state index contributed by atoms with van der Waals surface area (Å²) < 4.78 is 10.2. The number of hydrogen-bond acceptors (Lipinski definition) is 9. The Balaban J connectivity index is 1.43. The topological polar surface area (TPSA) is 143 Å². The van der Waals surface area contributed by atoms with Crippen molar-refractivity contribution in [3.05, 3.63) is 29.2 Å². The number of benzene rings is 1. The Hall–Kier alpha value is -2.96. The lowest BCUT2D eigenvalue weighted by Crippen LogP contribution is -2.34. The molecule has 4 N–H and O–H groups in total. The summed E-state index contributed by atoms with van der Waals surface area (Å²) in [6, 6.07) is 5.36. The van der Waals surface area contributed by atoms with Crippen LogP contribution in [-0.4, -0.2) is 73.5 Å². The van der Waals surface area contributed by atoms with E-state index >= 15 is 0 Å². The lowest BCUT2D eigenvalue weighted by molar-refractivity contribution is -0.144. The zero-order valence-corrected chi connectivity index (χ0v) is 22.7. The first-order chi connectivity index (χ1) is 18.2. The first kappa shape index (κ1) is 28.1. The fourth-order valence-electron chi connectivity index (χ4n) is 4.45. The number of thioether (sulfide) groups is 1. The molecule has 11 nitrogen and oxygen atoms in total. The number of carbonyl (C=O) groups excluding carboxylic acids is 4. The van der Waals surface area contributed by atoms with E-state index in [4.69, 9.17) is 26.8 Å². The molecule has 0 saturated carbocycles. The van der Waals surface area contributed by atoms with Gasteiger partial charge in [0.15, 0.2) is 0 Å². The third-order valence-corrected chi connectivity index (χ3v) is 7.82. The van der Waals surface area contributed by atoms with Crippen LogP contribution in [0.4, 0.5) is 21.9 Å². The number of cyclic esters (lactones) is 1. The summed E-state index contributed by atoms with van der Waals surface area (Å²) in [5.74, 6) is -1.03. The molecule has 0 spiro atoms. The second kappa shape index (κ2) is 12.7. The minimum absolute atomic E-state index is 0.0280. The van der Waals surface area contributed by atoms with E-state index in [0.717, 1.165) is 18.7 Å². The van der Waals surface area contributed by atoms with Crippen LogP contribution in [0.3, 0.4) is 0 Å². The molecule has 0 aliphatic carbocycles. The third kappa shape index (κ3) is 7.12. The number of alkyl halides is 1. The Kier molecular flexibility index (Phi) is 9.40. The van der Waals surface area contributed by atoms with Crippen LogP contribution in [0.15, 0.2) is 29.2 Å². The van der Waals surface area contributed by atoms with Gasteiger partial charge in [-0.15, -0.1) is 23.4 Å². The van der Waals surface area contributed by atoms with Gasteiger partial charge in [-0.2, -0.15) is 0 Å². The van der Waals surface area contributed by atoms with Gasteiger partial charge in [-0.1, -0.05) is 6.08 Å². The lowest BCUT2D eigenvalue weighted by Gasteiger charge is -2.24. The maximum absolute atomic E-state index is 12.7. The Morgan fingerprint density at radius 3 is 2.76 bits per heavy atom. The summed E-state index contributed by atoms with van der Waals surface area (Å²) in [5.41, 5.74) is 7.92. The number of amides is 3. The molecule has 13 heteroatoms. The van der Waals surface area contributed by atoms with Gasteiger partial charge in [-0.05, 0) is 38.0 Å². The zero-order chi connectivity index (χ0) is 27.2. The molecule has 3 aliphatic heterocycles. The van der Waals surface area contributed by atoms with Crippen molar-refractivity contribution in [3.63, 3.8) is 0 Å². The van der Waals surface area contributed by atoms with E-state index < -0.39 is 18.2 Å². The number of halogens is 1. The predicted molar refractivity (Wildman–Crippen MR) is 146 cm³/mol. The highest BCUT2D eigenvalue weighted by atomic mass is 35.5. The Morgan fingerprint density at radius 1 is 1.26 bits per heavy atom. The van der Waals surface area contributed by atoms with Gasteiger partial charge in [0.1, 0.15) is 6.10 Å². The van der Waals surface area contributed by atoms with Gasteiger partial charge < -0.3 is 30.7 Å². The number of allylic oxidation sites excluding steroid dienone is 1. The first-order valence-corrected chi connectivity index (χ1v) is 13.9. The van der Waals surface area contributed by atoms with Crippen LogP contribution in [0.5, 0.6) is 0 Å². The van der Waals surface area contributed by atoms with Crippen LogP contribution in [0.2, 0.25) is 0 Å². The number of hydrogen-bond donors (Lipinski definition) is 3. The first-order valence-electron chi connectivity index (χ1n) is 12.6. The number of carbonyl (C=O) groups is 4. The van der Waals surface area contributed by atoms with E-state index in [1.807, 2.05) is 6.07 Å². The van der Waals surface area contributed by atoms with Crippen molar-refractivity contribution in [1.29, 1.82) is 0 Å². The van der Waals surface area contributed by atoms with E-state index in [-0.39, 0.29) is 55.1 Å². The molecule has 3 aliphatic rings. The monoisotopic (exact) mass is 565 g/mol. The number of nitrogens with two attached hydrogens (primary N) is 1. The zero-order valence-electron chi connectivity index (χ0n) is 21.1. The molecule has 3 amide bonds. The summed E-state index contributed by atoms with van der Waals surface area (Å²) in [5, 5.41) is 5.68. The van der Waals surface area contributed by atoms with Gasteiger partial charge in [0, 0.05) is 31.2 Å². The summed E-state index contributed by atoms with van der Waals surface area (Å²) in [6.45, 7) is 3.72. The molecular weight excluding hydrogens is 534 g/mol. The molecule has 0 bridgehead atoms. The highest BCUT2D eigenvalue weighted by Gasteiger charge is 2.34. The van der Waals surface area contributed by atoms with Crippen LogP contribution < -0.4 is 26.2 Å². The second-order valence-corrected chi connectivity index (χ2v) is 11.2. The molecule has 3 atom stereocenters. The molecule has 2 fully saturated rings. The average molecular weight is 566 g/mol. The Bertz CT molecular complexity index is 1120. The van der Waals surface area contributed by atoms with E-state index in [1.165, 1.54) is 16.7 Å². The quantitative estimate of drug-likeness (QED) is 0.288. The van der Waals surface area contributed by atoms with Crippen molar-refractivity contribution in [2.75, 3.05) is 47.9 Å². The number of anilines is 3. The number of esters is 1. The summed E-state index contributed by atoms with van der Waals surface area (Å²) in [7, 11) is 0. The molecule has 3 unspecified atom stereocenters. The molecule has 0 aromatic heterocycles. The molecule has 0 radical (unpaired) electrons. The van der Waals surface area contributed by atoms with Crippen LogP contribution in [0, 0.1) is 0 Å². The molecule has 38 heavy (non-hydrogen) atoms. The molecule has 2 saturated heterocycles. The van der Waals surface area contributed by atoms with Crippen LogP contribution in [-0.2, 0) is 23.9 Å². The number of rotatable bonds is 10. The maximum atomic E-state index is 12.7. The van der Waals surface area contributed by atoms with E-state index in [1.54, 1.807) is 25.1 Å². The predicted octanol–water partition coefficient (Wildman–Crippen LogP) is 2.53. The van der Waals surface area contributed by atoms with Crippen molar-refractivity contribution in [3.8, 4) is 0 Å². The SMILES string of the molecule is CCOC(=O)CCC(=O)Nc1cc(N2CC(CNC(=O)C3=CCC(Cl)S3)OC2=O)ccc1N1CCC(N)C1. The van der Waals surface area contributed by atoms with E-state index in [9.17, 15) is 19.2 Å². The summed E-state index contributed by atoms with van der Waals surface area (Å²) in [6.07, 6.45) is 2.10. The lowest BCUT2D eigenvalue weighted by atomic mass is 10.2. The molecule has 3 heterocycles. The minimum Gasteiger partial charge on any atom is -0.466 e. The van der Waals surface area contributed by atoms with Gasteiger partial charge in [-0.3, -0.25) is 19.3 Å². The summed E-state index contributed by atoms with van der Waals surface area (Å²) in [4.78, 5) is 53.5. The fourth-order valence-corrected chi connectivity index (χ4v) is 5.66. The van der Waals surface area contributed by atoms with Crippen LogP contribution in [0.25, 0.3) is 0 Å². The number of nitrogens with one attached hydrogen (secondary N) is 2. The number of nitrogens with zero attached hydrogens (tertiary/aromatic N) is 2. The minimum atomic E-state index is -0.546. The van der Waals surface area contributed by atoms with Gasteiger partial charge in [-0.25, -0.2) is 4.79 Å². The van der Waals surface area contributed by atoms with Crippen molar-refractivity contribution in [2.45, 2.75) is 49.5 Å². The third-order valence-electron chi connectivity index (χ3n) is 6.32. The van der Waals surface area contributed by atoms with Crippen LogP contribution in [0.1, 0.15) is 32.6 Å². The largest absolute Gasteiger partial charge is 0.466 e. The van der Waals surface area contributed by atoms with Gasteiger partial charge >= 0.3 is 12.1 Å². The van der Waals surface area contributed by atoms with Crippen LogP contribution >= 0.6 is 23.4 Å². The Morgan fingerprint density at radius 2 is 2.08 bits per heavy atom. The van der Waals surface area contributed by atoms with Crippen molar-refractivity contribution in [1.82, 2.24) is 5.32 Å². The molecular formula is C25H32ClN5O6S. The van der Waals surface area contributed by atoms with E-state index in [2.05, 4.69) is 15.5 Å². The van der Waals surface area contributed by atoms with Gasteiger partial charge in [0.25, 0.3) is 5.91 Å². The standard InChI is InChI=1S/C25H32ClN5O6S/c1-2-36-23(33)8-7-22(32)29-18-11-16(3-4-19(18)30-10-9-15(27)13-30)31-14-17(37-25(31)35)12-28-24(34)20-5-6-21(26)38-20/h3-5,11,15,17,21H,2,6-10,12-14,27H2,1H3,(H,28,34)(H,29,32).